The monoisotopic (exact) mass is 585 g/mol. The number of amides is 2. The highest BCUT2D eigenvalue weighted by Gasteiger charge is 2.45. The van der Waals surface area contributed by atoms with Crippen LogP contribution in [0.2, 0.25) is 5.02 Å². The number of allylic oxidation sites excluding steroid dienone is 1. The number of benzene rings is 2. The number of hydrogen-bond donors (Lipinski definition) is 1. The molecule has 1 spiro atoms. The van der Waals surface area contributed by atoms with Crippen LogP contribution in [0.5, 0.6) is 5.75 Å². The van der Waals surface area contributed by atoms with Gasteiger partial charge in [0, 0.05) is 12.6 Å². The van der Waals surface area contributed by atoms with E-state index >= 15 is 0 Å². The van der Waals surface area contributed by atoms with Crippen LogP contribution in [0.3, 0.4) is 0 Å². The molecule has 214 valence electrons. The fourth-order valence-corrected chi connectivity index (χ4v) is 7.89. The molecule has 1 saturated carbocycles. The first-order valence-corrected chi connectivity index (χ1v) is 15.7. The number of sulfonamides is 1. The van der Waals surface area contributed by atoms with Gasteiger partial charge in [-0.15, -0.1) is 0 Å². The maximum Gasteiger partial charge on any atom is 0.264 e. The van der Waals surface area contributed by atoms with Gasteiger partial charge in [-0.25, -0.2) is 8.42 Å². The second-order valence-corrected chi connectivity index (χ2v) is 13.3. The Morgan fingerprint density at radius 2 is 1.75 bits per heavy atom. The minimum absolute atomic E-state index is 0.0293. The third-order valence-corrected chi connectivity index (χ3v) is 10.8. The van der Waals surface area contributed by atoms with Crippen LogP contribution in [0.1, 0.15) is 62.2 Å². The van der Waals surface area contributed by atoms with E-state index in [0.29, 0.717) is 30.8 Å². The topological polar surface area (TPSA) is 96.0 Å². The van der Waals surface area contributed by atoms with E-state index < -0.39 is 21.3 Å². The molecule has 10 heteroatoms. The Balaban J connectivity index is 1.59. The SMILES string of the molecule is COc1ccc(N2C/C=C\CC3(CCCCC3)C(=O)N3CC[C@@H](NC(=O)c4cc(ccc4Cl)S2(=O)=O)[C@H]3C)cc1. The van der Waals surface area contributed by atoms with Gasteiger partial charge < -0.3 is 15.0 Å². The minimum Gasteiger partial charge on any atom is -0.497 e. The maximum absolute atomic E-state index is 14.1. The molecule has 2 amide bonds. The average Bonchev–Trinajstić information content (AvgIpc) is 3.32. The molecule has 2 heterocycles. The van der Waals surface area contributed by atoms with Crippen LogP contribution in [-0.4, -0.2) is 57.4 Å². The summed E-state index contributed by atoms with van der Waals surface area (Å²) >= 11 is 6.40. The van der Waals surface area contributed by atoms with Crippen molar-refractivity contribution in [2.24, 2.45) is 5.41 Å². The molecule has 1 N–H and O–H groups in total. The van der Waals surface area contributed by atoms with E-state index in [-0.39, 0.29) is 40.0 Å². The fourth-order valence-electron chi connectivity index (χ4n) is 6.24. The summed E-state index contributed by atoms with van der Waals surface area (Å²) in [6, 6.07) is 10.5. The van der Waals surface area contributed by atoms with Crippen molar-refractivity contribution in [3.05, 3.63) is 65.2 Å². The van der Waals surface area contributed by atoms with Crippen molar-refractivity contribution >= 4 is 39.1 Å². The van der Waals surface area contributed by atoms with Crippen molar-refractivity contribution in [3.63, 3.8) is 0 Å². The summed E-state index contributed by atoms with van der Waals surface area (Å²) in [5.74, 6) is 0.282. The van der Waals surface area contributed by atoms with E-state index in [1.165, 1.54) is 22.5 Å². The number of nitrogens with zero attached hydrogens (tertiary/aromatic N) is 2. The summed E-state index contributed by atoms with van der Waals surface area (Å²) in [5, 5.41) is 3.19. The van der Waals surface area contributed by atoms with Crippen molar-refractivity contribution in [1.82, 2.24) is 10.2 Å². The molecule has 0 unspecified atom stereocenters. The van der Waals surface area contributed by atoms with Crippen LogP contribution in [0.15, 0.2) is 59.5 Å². The van der Waals surface area contributed by atoms with Gasteiger partial charge in [0.05, 0.1) is 46.3 Å². The average molecular weight is 586 g/mol. The summed E-state index contributed by atoms with van der Waals surface area (Å²) < 4.78 is 34.6. The van der Waals surface area contributed by atoms with Gasteiger partial charge in [0.15, 0.2) is 0 Å². The lowest BCUT2D eigenvalue weighted by Gasteiger charge is -2.40. The lowest BCUT2D eigenvalue weighted by Crippen LogP contribution is -2.50. The Morgan fingerprint density at radius 3 is 2.45 bits per heavy atom. The molecule has 40 heavy (non-hydrogen) atoms. The smallest absolute Gasteiger partial charge is 0.264 e. The number of fused-ring (bicyclic) bond motifs is 4. The first-order chi connectivity index (χ1) is 19.2. The highest BCUT2D eigenvalue weighted by atomic mass is 35.5. The van der Waals surface area contributed by atoms with Crippen LogP contribution < -0.4 is 14.4 Å². The van der Waals surface area contributed by atoms with Crippen LogP contribution in [0.4, 0.5) is 5.69 Å². The highest BCUT2D eigenvalue weighted by molar-refractivity contribution is 7.92. The van der Waals surface area contributed by atoms with E-state index in [2.05, 4.69) is 5.32 Å². The van der Waals surface area contributed by atoms with Gasteiger partial charge in [-0.3, -0.25) is 13.9 Å². The van der Waals surface area contributed by atoms with Crippen molar-refractivity contribution in [3.8, 4) is 5.75 Å². The van der Waals surface area contributed by atoms with Crippen LogP contribution >= 0.6 is 11.6 Å². The number of carbonyl (C=O) groups excluding carboxylic acids is 2. The van der Waals surface area contributed by atoms with Crippen molar-refractivity contribution < 1.29 is 22.7 Å². The number of methoxy groups -OCH3 is 1. The summed E-state index contributed by atoms with van der Waals surface area (Å²) in [4.78, 5) is 29.4. The molecule has 0 radical (unpaired) electrons. The summed E-state index contributed by atoms with van der Waals surface area (Å²) in [7, 11) is -2.53. The van der Waals surface area contributed by atoms with Crippen LogP contribution in [-0.2, 0) is 14.8 Å². The van der Waals surface area contributed by atoms with Crippen LogP contribution in [0.25, 0.3) is 0 Å². The Hall–Kier alpha value is -3.04. The third-order valence-electron chi connectivity index (χ3n) is 8.67. The van der Waals surface area contributed by atoms with Gasteiger partial charge >= 0.3 is 0 Å². The van der Waals surface area contributed by atoms with Crippen molar-refractivity contribution in [2.75, 3.05) is 24.5 Å². The molecule has 5 rings (SSSR count). The molecular weight excluding hydrogens is 550 g/mol. The largest absolute Gasteiger partial charge is 0.497 e. The predicted molar refractivity (Wildman–Crippen MR) is 155 cm³/mol. The molecule has 0 aromatic heterocycles. The summed E-state index contributed by atoms with van der Waals surface area (Å²) in [6.07, 6.45) is 9.66. The number of carbonyl (C=O) groups is 2. The second kappa shape index (κ2) is 11.4. The zero-order chi connectivity index (χ0) is 28.5. The van der Waals surface area contributed by atoms with Gasteiger partial charge in [0.2, 0.25) is 5.91 Å². The van der Waals surface area contributed by atoms with Gasteiger partial charge in [0.25, 0.3) is 15.9 Å². The van der Waals surface area contributed by atoms with Crippen molar-refractivity contribution in [2.45, 2.75) is 68.8 Å². The predicted octanol–water partition coefficient (Wildman–Crippen LogP) is 5.17. The third kappa shape index (κ3) is 5.33. The zero-order valence-corrected chi connectivity index (χ0v) is 24.5. The van der Waals surface area contributed by atoms with Crippen LogP contribution in [0, 0.1) is 5.41 Å². The van der Waals surface area contributed by atoms with Gasteiger partial charge in [-0.05, 0) is 75.1 Å². The standard InChI is InChI=1S/C30H36ClN3O5S/c1-21-27-14-19-33(21)29(36)30(15-4-3-5-16-30)17-6-7-18-34(22-8-10-23(39-2)11-9-22)40(37,38)24-12-13-26(31)25(20-24)28(35)32-27/h6-13,20-21,27H,3-5,14-19H2,1-2H3,(H,32,35)/b7-6-/t21-,27-/m1/s1. The number of nitrogens with one attached hydrogen (secondary N) is 1. The number of halogens is 1. The molecular formula is C30H36ClN3O5S. The summed E-state index contributed by atoms with van der Waals surface area (Å²) in [5.41, 5.74) is 0.0193. The molecule has 8 nitrogen and oxygen atoms in total. The second-order valence-electron chi connectivity index (χ2n) is 11.0. The Morgan fingerprint density at radius 1 is 1.02 bits per heavy atom. The Kier molecular flexibility index (Phi) is 8.15. The van der Waals surface area contributed by atoms with Crippen molar-refractivity contribution in [1.29, 1.82) is 0 Å². The molecule has 1 aliphatic carbocycles. The number of hydrogen-bond acceptors (Lipinski definition) is 5. The molecule has 2 atom stereocenters. The quantitative estimate of drug-likeness (QED) is 0.490. The van der Waals surface area contributed by atoms with Gasteiger partial charge in [-0.2, -0.15) is 0 Å². The first-order valence-electron chi connectivity index (χ1n) is 13.9. The van der Waals surface area contributed by atoms with E-state index in [1.54, 1.807) is 31.4 Å². The number of rotatable bonds is 2. The molecule has 4 bridgehead atoms. The fraction of sp³-hybridized carbons (Fsp3) is 0.467. The minimum atomic E-state index is -4.08. The Labute approximate surface area is 241 Å². The normalized spacial score (nSPS) is 25.5. The molecule has 3 aliphatic rings. The Bertz CT molecular complexity index is 1400. The first kappa shape index (κ1) is 28.5. The lowest BCUT2D eigenvalue weighted by molar-refractivity contribution is -0.144. The molecule has 1 saturated heterocycles. The highest BCUT2D eigenvalue weighted by Crippen LogP contribution is 2.43. The molecule has 2 fully saturated rings. The van der Waals surface area contributed by atoms with E-state index in [0.717, 1.165) is 32.1 Å². The van der Waals surface area contributed by atoms with E-state index in [4.69, 9.17) is 16.3 Å². The van der Waals surface area contributed by atoms with Gasteiger partial charge in [-0.1, -0.05) is 43.0 Å². The maximum atomic E-state index is 14.1. The van der Waals surface area contributed by atoms with E-state index in [1.807, 2.05) is 24.0 Å². The molecule has 2 aliphatic heterocycles. The molecule has 2 aromatic carbocycles. The number of ether oxygens (including phenoxy) is 1. The summed E-state index contributed by atoms with van der Waals surface area (Å²) in [6.45, 7) is 2.61. The van der Waals surface area contributed by atoms with Gasteiger partial charge in [0.1, 0.15) is 5.75 Å². The zero-order valence-electron chi connectivity index (χ0n) is 22.9. The number of anilines is 1. The molecule has 2 aromatic rings. The lowest BCUT2D eigenvalue weighted by atomic mass is 9.70. The van der Waals surface area contributed by atoms with E-state index in [9.17, 15) is 18.0 Å².